The number of nitrogens with one attached hydrogen (secondary N) is 1. The molecule has 1 aliphatic heterocycles. The first-order chi connectivity index (χ1) is 10.1. The summed E-state index contributed by atoms with van der Waals surface area (Å²) in [4.78, 5) is 6.83. The summed E-state index contributed by atoms with van der Waals surface area (Å²) in [7, 11) is 0. The van der Waals surface area contributed by atoms with Gasteiger partial charge in [-0.05, 0) is 24.8 Å². The lowest BCUT2D eigenvalue weighted by Crippen LogP contribution is -2.38. The van der Waals surface area contributed by atoms with E-state index >= 15 is 0 Å². The molecule has 0 aliphatic carbocycles. The smallest absolute Gasteiger partial charge is 0.154 e. The number of nitrogens with zero attached hydrogens (tertiary/aromatic N) is 4. The van der Waals surface area contributed by atoms with Crippen LogP contribution < -0.4 is 10.6 Å². The van der Waals surface area contributed by atoms with Crippen LogP contribution in [0.2, 0.25) is 0 Å². The summed E-state index contributed by atoms with van der Waals surface area (Å²) in [5.41, 5.74) is 7.76. The Kier molecular flexibility index (Phi) is 3.53. The average Bonchev–Trinajstić information content (AvgIpc) is 2.91. The Labute approximate surface area is 124 Å². The van der Waals surface area contributed by atoms with Gasteiger partial charge in [-0.2, -0.15) is 5.10 Å². The topological polar surface area (TPSA) is 83.3 Å². The Bertz CT molecular complexity index is 651. The first kappa shape index (κ1) is 13.9. The number of nitrogens with two attached hydrogens (primary N) is 1. The van der Waals surface area contributed by atoms with Crippen LogP contribution in [0.25, 0.3) is 5.52 Å². The van der Waals surface area contributed by atoms with Gasteiger partial charge in [0.2, 0.25) is 0 Å². The van der Waals surface area contributed by atoms with E-state index < -0.39 is 0 Å². The maximum Gasteiger partial charge on any atom is 0.154 e. The van der Waals surface area contributed by atoms with Crippen LogP contribution in [0.5, 0.6) is 0 Å². The van der Waals surface area contributed by atoms with Crippen LogP contribution in [0.3, 0.4) is 0 Å². The van der Waals surface area contributed by atoms with Crippen LogP contribution in [0.4, 0.5) is 5.82 Å². The van der Waals surface area contributed by atoms with Gasteiger partial charge in [-0.15, -0.1) is 0 Å². The summed E-state index contributed by atoms with van der Waals surface area (Å²) in [6.45, 7) is 6.07. The lowest BCUT2D eigenvalue weighted by atomic mass is 9.96. The van der Waals surface area contributed by atoms with Crippen molar-refractivity contribution in [3.63, 3.8) is 0 Å². The standard InChI is InChI=1S/C15H22N6/c1-10(2)12-9-13-15(18-5-8-21(13)19-12)20-6-3-11(4-7-20)14(16)17/h5,8-11H,3-4,6-7H2,1-2H3,(H3,16,17). The molecule has 112 valence electrons. The first-order valence-electron chi connectivity index (χ1n) is 7.49. The molecule has 0 spiro atoms. The van der Waals surface area contributed by atoms with Crippen molar-refractivity contribution in [3.8, 4) is 0 Å². The van der Waals surface area contributed by atoms with Crippen LogP contribution in [0, 0.1) is 11.3 Å². The van der Waals surface area contributed by atoms with E-state index in [1.54, 1.807) is 6.20 Å². The van der Waals surface area contributed by atoms with E-state index in [0.29, 0.717) is 11.8 Å². The number of anilines is 1. The van der Waals surface area contributed by atoms with Crippen molar-refractivity contribution in [2.45, 2.75) is 32.6 Å². The van der Waals surface area contributed by atoms with Crippen LogP contribution in [0.15, 0.2) is 18.5 Å². The van der Waals surface area contributed by atoms with Crippen molar-refractivity contribution in [2.75, 3.05) is 18.0 Å². The van der Waals surface area contributed by atoms with Crippen LogP contribution in [-0.2, 0) is 0 Å². The quantitative estimate of drug-likeness (QED) is 0.668. The molecular formula is C15H22N6. The second kappa shape index (κ2) is 5.35. The fourth-order valence-electron chi connectivity index (χ4n) is 2.86. The van der Waals surface area contributed by atoms with Crippen molar-refractivity contribution in [1.29, 1.82) is 5.41 Å². The van der Waals surface area contributed by atoms with Gasteiger partial charge in [-0.25, -0.2) is 9.50 Å². The van der Waals surface area contributed by atoms with E-state index in [4.69, 9.17) is 11.1 Å². The number of fused-ring (bicyclic) bond motifs is 1. The van der Waals surface area contributed by atoms with Gasteiger partial charge >= 0.3 is 0 Å². The highest BCUT2D eigenvalue weighted by molar-refractivity contribution is 5.80. The van der Waals surface area contributed by atoms with E-state index in [1.807, 2.05) is 10.7 Å². The fraction of sp³-hybridized carbons (Fsp3) is 0.533. The summed E-state index contributed by atoms with van der Waals surface area (Å²) < 4.78 is 1.91. The zero-order valence-corrected chi connectivity index (χ0v) is 12.6. The molecule has 0 atom stereocenters. The molecule has 1 aliphatic rings. The molecule has 1 fully saturated rings. The number of rotatable bonds is 3. The lowest BCUT2D eigenvalue weighted by Gasteiger charge is -2.32. The van der Waals surface area contributed by atoms with E-state index in [2.05, 4.69) is 34.9 Å². The van der Waals surface area contributed by atoms with Gasteiger partial charge in [0.1, 0.15) is 5.52 Å². The normalized spacial score (nSPS) is 16.8. The molecule has 3 N–H and O–H groups in total. The zero-order chi connectivity index (χ0) is 15.0. The molecule has 3 rings (SSSR count). The van der Waals surface area contributed by atoms with E-state index in [-0.39, 0.29) is 5.92 Å². The Morgan fingerprint density at radius 2 is 2.10 bits per heavy atom. The second-order valence-corrected chi connectivity index (χ2v) is 6.02. The summed E-state index contributed by atoms with van der Waals surface area (Å²) in [6, 6.07) is 2.13. The van der Waals surface area contributed by atoms with Gasteiger partial charge in [-0.3, -0.25) is 5.41 Å². The van der Waals surface area contributed by atoms with Crippen LogP contribution in [0.1, 0.15) is 38.3 Å². The predicted octanol–water partition coefficient (Wildman–Crippen LogP) is 2.01. The van der Waals surface area contributed by atoms with Crippen molar-refractivity contribution in [3.05, 3.63) is 24.2 Å². The van der Waals surface area contributed by atoms with Gasteiger partial charge in [-0.1, -0.05) is 13.8 Å². The zero-order valence-electron chi connectivity index (χ0n) is 12.6. The highest BCUT2D eigenvalue weighted by atomic mass is 15.3. The maximum absolute atomic E-state index is 7.57. The molecule has 0 unspecified atom stereocenters. The first-order valence-corrected chi connectivity index (χ1v) is 7.49. The van der Waals surface area contributed by atoms with Crippen molar-refractivity contribution in [1.82, 2.24) is 14.6 Å². The van der Waals surface area contributed by atoms with Crippen LogP contribution >= 0.6 is 0 Å². The molecule has 0 radical (unpaired) electrons. The Morgan fingerprint density at radius 1 is 1.38 bits per heavy atom. The number of hydrogen-bond acceptors (Lipinski definition) is 4. The Balaban J connectivity index is 1.89. The monoisotopic (exact) mass is 286 g/mol. The molecule has 3 heterocycles. The number of aromatic nitrogens is 3. The van der Waals surface area contributed by atoms with Crippen molar-refractivity contribution >= 4 is 17.2 Å². The Hall–Kier alpha value is -2.11. The largest absolute Gasteiger partial charge is 0.387 e. The molecule has 6 heteroatoms. The summed E-state index contributed by atoms with van der Waals surface area (Å²) in [5, 5.41) is 12.2. The summed E-state index contributed by atoms with van der Waals surface area (Å²) >= 11 is 0. The SMILES string of the molecule is CC(C)c1cc2c(N3CCC(C(=N)N)CC3)nccn2n1. The van der Waals surface area contributed by atoms with Gasteiger partial charge < -0.3 is 10.6 Å². The molecular weight excluding hydrogens is 264 g/mol. The molecule has 2 aromatic heterocycles. The number of hydrogen-bond donors (Lipinski definition) is 2. The summed E-state index contributed by atoms with van der Waals surface area (Å²) in [6.07, 6.45) is 5.54. The predicted molar refractivity (Wildman–Crippen MR) is 83.9 cm³/mol. The number of piperidine rings is 1. The van der Waals surface area contributed by atoms with Crippen molar-refractivity contribution in [2.24, 2.45) is 11.7 Å². The highest BCUT2D eigenvalue weighted by Crippen LogP contribution is 2.26. The van der Waals surface area contributed by atoms with Crippen LogP contribution in [-0.4, -0.2) is 33.5 Å². The molecule has 1 saturated heterocycles. The number of amidine groups is 1. The molecule has 0 bridgehead atoms. The van der Waals surface area contributed by atoms with Gasteiger partial charge in [0.05, 0.1) is 11.5 Å². The minimum atomic E-state index is 0.220. The van der Waals surface area contributed by atoms with Gasteiger partial charge in [0.25, 0.3) is 0 Å². The second-order valence-electron chi connectivity index (χ2n) is 6.02. The minimum Gasteiger partial charge on any atom is -0.387 e. The van der Waals surface area contributed by atoms with Gasteiger partial charge in [0.15, 0.2) is 5.82 Å². The fourth-order valence-corrected chi connectivity index (χ4v) is 2.86. The van der Waals surface area contributed by atoms with E-state index in [1.165, 1.54) is 0 Å². The van der Waals surface area contributed by atoms with E-state index in [9.17, 15) is 0 Å². The molecule has 0 saturated carbocycles. The molecule has 2 aromatic rings. The lowest BCUT2D eigenvalue weighted by molar-refractivity contribution is 0.495. The molecule has 6 nitrogen and oxygen atoms in total. The average molecular weight is 286 g/mol. The minimum absolute atomic E-state index is 0.220. The third kappa shape index (κ3) is 2.57. The molecule has 21 heavy (non-hydrogen) atoms. The highest BCUT2D eigenvalue weighted by Gasteiger charge is 2.23. The maximum atomic E-state index is 7.57. The Morgan fingerprint density at radius 3 is 2.71 bits per heavy atom. The molecule has 0 amide bonds. The third-order valence-corrected chi connectivity index (χ3v) is 4.21. The van der Waals surface area contributed by atoms with Crippen molar-refractivity contribution < 1.29 is 0 Å². The van der Waals surface area contributed by atoms with E-state index in [0.717, 1.165) is 43.0 Å². The molecule has 0 aromatic carbocycles. The third-order valence-electron chi connectivity index (χ3n) is 4.21. The summed E-state index contributed by atoms with van der Waals surface area (Å²) in [5.74, 6) is 1.92. The van der Waals surface area contributed by atoms with Gasteiger partial charge in [0, 0.05) is 31.4 Å².